The average molecular weight is 233 g/mol. The number of anilines is 1. The van der Waals surface area contributed by atoms with Gasteiger partial charge in [-0.05, 0) is 19.4 Å². The van der Waals surface area contributed by atoms with Gasteiger partial charge in [0.15, 0.2) is 0 Å². The molecular formula is C11H15N5O. The fraction of sp³-hybridized carbons (Fsp3) is 0.364. The Morgan fingerprint density at radius 1 is 1.53 bits per heavy atom. The summed E-state index contributed by atoms with van der Waals surface area (Å²) in [7, 11) is 0. The molecule has 0 unspecified atom stereocenters. The molecule has 6 nitrogen and oxygen atoms in total. The van der Waals surface area contributed by atoms with Crippen LogP contribution in [0, 0.1) is 0 Å². The zero-order valence-corrected chi connectivity index (χ0v) is 9.90. The average Bonchev–Trinajstić information content (AvgIpc) is 2.96. The van der Waals surface area contributed by atoms with Crippen molar-refractivity contribution in [3.63, 3.8) is 0 Å². The Balaban J connectivity index is 2.21. The van der Waals surface area contributed by atoms with E-state index >= 15 is 0 Å². The zero-order valence-electron chi connectivity index (χ0n) is 9.90. The highest BCUT2D eigenvalue weighted by molar-refractivity contribution is 6.02. The van der Waals surface area contributed by atoms with Crippen LogP contribution in [0.4, 0.5) is 5.82 Å². The summed E-state index contributed by atoms with van der Waals surface area (Å²) < 4.78 is 1.70. The van der Waals surface area contributed by atoms with Gasteiger partial charge in [-0.2, -0.15) is 10.2 Å². The monoisotopic (exact) mass is 233 g/mol. The summed E-state index contributed by atoms with van der Waals surface area (Å²) in [5.41, 5.74) is 1.49. The van der Waals surface area contributed by atoms with Crippen LogP contribution in [0.15, 0.2) is 18.3 Å². The lowest BCUT2D eigenvalue weighted by molar-refractivity contribution is 0.101. The van der Waals surface area contributed by atoms with Crippen molar-refractivity contribution in [2.45, 2.75) is 26.8 Å². The van der Waals surface area contributed by atoms with Crippen molar-refractivity contribution in [3.8, 4) is 0 Å². The lowest BCUT2D eigenvalue weighted by Crippen LogP contribution is -2.17. The van der Waals surface area contributed by atoms with Crippen LogP contribution < -0.4 is 5.32 Å². The van der Waals surface area contributed by atoms with Crippen molar-refractivity contribution in [2.75, 3.05) is 5.32 Å². The standard InChI is InChI=1S/C11H15N5O/c1-3-8-7-9(16(4-2)15-8)11(17)13-10-5-6-12-14-10/h5-7H,3-4H2,1-2H3,(H2,12,13,14,17). The van der Waals surface area contributed by atoms with Crippen LogP contribution in [0.1, 0.15) is 30.0 Å². The van der Waals surface area contributed by atoms with Crippen LogP contribution in [0.2, 0.25) is 0 Å². The van der Waals surface area contributed by atoms with Gasteiger partial charge < -0.3 is 5.32 Å². The highest BCUT2D eigenvalue weighted by atomic mass is 16.2. The molecule has 90 valence electrons. The summed E-state index contributed by atoms with van der Waals surface area (Å²) in [6, 6.07) is 3.51. The fourth-order valence-electron chi connectivity index (χ4n) is 1.58. The van der Waals surface area contributed by atoms with Crippen molar-refractivity contribution in [1.29, 1.82) is 0 Å². The zero-order chi connectivity index (χ0) is 12.3. The number of aromatic amines is 1. The Morgan fingerprint density at radius 2 is 2.35 bits per heavy atom. The Labute approximate surface area is 99.0 Å². The molecule has 0 saturated heterocycles. The molecule has 0 fully saturated rings. The molecule has 0 aliphatic heterocycles. The summed E-state index contributed by atoms with van der Waals surface area (Å²) in [6.07, 6.45) is 2.40. The Hall–Kier alpha value is -2.11. The highest BCUT2D eigenvalue weighted by Gasteiger charge is 2.14. The number of hydrogen-bond acceptors (Lipinski definition) is 3. The molecule has 2 rings (SSSR count). The predicted molar refractivity (Wildman–Crippen MR) is 63.8 cm³/mol. The van der Waals surface area contributed by atoms with E-state index in [1.54, 1.807) is 16.9 Å². The van der Waals surface area contributed by atoms with E-state index in [0.717, 1.165) is 12.1 Å². The first kappa shape index (κ1) is 11.4. The summed E-state index contributed by atoms with van der Waals surface area (Å²) in [5, 5.41) is 13.5. The molecule has 1 amide bonds. The van der Waals surface area contributed by atoms with Gasteiger partial charge >= 0.3 is 0 Å². The van der Waals surface area contributed by atoms with E-state index in [9.17, 15) is 4.79 Å². The van der Waals surface area contributed by atoms with E-state index < -0.39 is 0 Å². The number of amides is 1. The van der Waals surface area contributed by atoms with Crippen LogP contribution >= 0.6 is 0 Å². The van der Waals surface area contributed by atoms with E-state index in [2.05, 4.69) is 20.6 Å². The van der Waals surface area contributed by atoms with Crippen LogP contribution in [-0.4, -0.2) is 25.9 Å². The number of nitrogens with zero attached hydrogens (tertiary/aromatic N) is 3. The first-order valence-corrected chi connectivity index (χ1v) is 5.62. The molecule has 2 aromatic rings. The minimum Gasteiger partial charge on any atom is -0.306 e. The van der Waals surface area contributed by atoms with Crippen molar-refractivity contribution < 1.29 is 4.79 Å². The van der Waals surface area contributed by atoms with Gasteiger partial charge in [-0.25, -0.2) is 0 Å². The highest BCUT2D eigenvalue weighted by Crippen LogP contribution is 2.08. The summed E-state index contributed by atoms with van der Waals surface area (Å²) in [5.74, 6) is 0.403. The third-order valence-electron chi connectivity index (χ3n) is 2.47. The van der Waals surface area contributed by atoms with Gasteiger partial charge in [0.2, 0.25) is 0 Å². The van der Waals surface area contributed by atoms with Gasteiger partial charge in [0.05, 0.1) is 11.9 Å². The molecule has 0 spiro atoms. The van der Waals surface area contributed by atoms with Gasteiger partial charge in [-0.15, -0.1) is 0 Å². The SMILES string of the molecule is CCc1cc(C(=O)Nc2ccn[nH]2)n(CC)n1. The van der Waals surface area contributed by atoms with Gasteiger partial charge in [0.25, 0.3) is 5.91 Å². The van der Waals surface area contributed by atoms with Gasteiger partial charge in [0, 0.05) is 12.6 Å². The number of H-pyrrole nitrogens is 1. The first-order valence-electron chi connectivity index (χ1n) is 5.62. The second-order valence-corrected chi connectivity index (χ2v) is 3.61. The smallest absolute Gasteiger partial charge is 0.275 e. The predicted octanol–water partition coefficient (Wildman–Crippen LogP) is 1.44. The van der Waals surface area contributed by atoms with Crippen LogP contribution in [0.3, 0.4) is 0 Å². The number of rotatable bonds is 4. The van der Waals surface area contributed by atoms with E-state index in [4.69, 9.17) is 0 Å². The Kier molecular flexibility index (Phi) is 3.22. The molecule has 2 N–H and O–H groups in total. The van der Waals surface area contributed by atoms with E-state index in [1.807, 2.05) is 19.9 Å². The lowest BCUT2D eigenvalue weighted by Gasteiger charge is -2.04. The molecule has 0 aromatic carbocycles. The van der Waals surface area contributed by atoms with Crippen molar-refractivity contribution >= 4 is 11.7 Å². The summed E-state index contributed by atoms with van der Waals surface area (Å²) >= 11 is 0. The summed E-state index contributed by atoms with van der Waals surface area (Å²) in [6.45, 7) is 4.64. The lowest BCUT2D eigenvalue weighted by atomic mass is 10.3. The maximum atomic E-state index is 12.0. The van der Waals surface area contributed by atoms with Crippen molar-refractivity contribution in [3.05, 3.63) is 29.7 Å². The van der Waals surface area contributed by atoms with Gasteiger partial charge in [-0.1, -0.05) is 6.92 Å². The van der Waals surface area contributed by atoms with Gasteiger partial charge in [0.1, 0.15) is 11.5 Å². The minimum absolute atomic E-state index is 0.177. The van der Waals surface area contributed by atoms with Crippen LogP contribution in [-0.2, 0) is 13.0 Å². The quantitative estimate of drug-likeness (QED) is 0.839. The molecule has 0 atom stereocenters. The third-order valence-corrected chi connectivity index (χ3v) is 2.47. The molecule has 6 heteroatoms. The van der Waals surface area contributed by atoms with E-state index in [0.29, 0.717) is 18.1 Å². The number of aryl methyl sites for hydroxylation is 2. The topological polar surface area (TPSA) is 75.6 Å². The molecule has 2 heterocycles. The minimum atomic E-state index is -0.177. The number of aromatic nitrogens is 4. The Bertz CT molecular complexity index is 500. The third kappa shape index (κ3) is 2.35. The maximum absolute atomic E-state index is 12.0. The number of carbonyl (C=O) groups excluding carboxylic acids is 1. The first-order chi connectivity index (χ1) is 8.24. The molecular weight excluding hydrogens is 218 g/mol. The van der Waals surface area contributed by atoms with Crippen LogP contribution in [0.5, 0.6) is 0 Å². The molecule has 17 heavy (non-hydrogen) atoms. The maximum Gasteiger partial charge on any atom is 0.275 e. The van der Waals surface area contributed by atoms with E-state index in [1.165, 1.54) is 0 Å². The Morgan fingerprint density at radius 3 is 2.94 bits per heavy atom. The summed E-state index contributed by atoms with van der Waals surface area (Å²) in [4.78, 5) is 12.0. The van der Waals surface area contributed by atoms with Crippen molar-refractivity contribution in [1.82, 2.24) is 20.0 Å². The molecule has 2 aromatic heterocycles. The molecule has 0 bridgehead atoms. The van der Waals surface area contributed by atoms with Crippen molar-refractivity contribution in [2.24, 2.45) is 0 Å². The molecule has 0 aliphatic rings. The largest absolute Gasteiger partial charge is 0.306 e. The number of nitrogens with one attached hydrogen (secondary N) is 2. The second kappa shape index (κ2) is 4.82. The fourth-order valence-corrected chi connectivity index (χ4v) is 1.58. The van der Waals surface area contributed by atoms with E-state index in [-0.39, 0.29) is 5.91 Å². The molecule has 0 aliphatic carbocycles. The normalized spacial score (nSPS) is 10.5. The molecule has 0 radical (unpaired) electrons. The molecule has 0 saturated carbocycles. The second-order valence-electron chi connectivity index (χ2n) is 3.61. The van der Waals surface area contributed by atoms with Gasteiger partial charge in [-0.3, -0.25) is 14.6 Å². The number of hydrogen-bond donors (Lipinski definition) is 2. The number of carbonyl (C=O) groups is 1. The van der Waals surface area contributed by atoms with Crippen LogP contribution in [0.25, 0.3) is 0 Å².